The Morgan fingerprint density at radius 1 is 1.44 bits per heavy atom. The van der Waals surface area contributed by atoms with Gasteiger partial charge in [-0.2, -0.15) is 0 Å². The molecule has 0 radical (unpaired) electrons. The van der Waals surface area contributed by atoms with Crippen LogP contribution < -0.4 is 4.74 Å². The largest absolute Gasteiger partial charge is 0.487 e. The number of aromatic nitrogens is 2. The maximum absolute atomic E-state index is 12.9. The summed E-state index contributed by atoms with van der Waals surface area (Å²) in [5.74, 6) is 0.440. The Balaban J connectivity index is 1.76. The molecule has 0 saturated carbocycles. The van der Waals surface area contributed by atoms with Crippen LogP contribution in [0.1, 0.15) is 11.3 Å². The lowest BCUT2D eigenvalue weighted by molar-refractivity contribution is 0.299. The number of imidazole rings is 1. The SMILES string of the molecule is Cc1cc(F)ccc1OCc1cn2ccsc2n1. The first-order valence-corrected chi connectivity index (χ1v) is 6.40. The molecule has 0 fully saturated rings. The Morgan fingerprint density at radius 2 is 2.33 bits per heavy atom. The first-order valence-electron chi connectivity index (χ1n) is 5.52. The van der Waals surface area contributed by atoms with Crippen molar-refractivity contribution in [1.29, 1.82) is 0 Å². The standard InChI is InChI=1S/C13H11FN2OS/c1-9-6-10(14)2-3-12(9)17-8-11-7-16-4-5-18-13(16)15-11/h2-7H,8H2,1H3. The van der Waals surface area contributed by atoms with Gasteiger partial charge in [0.05, 0.1) is 5.69 Å². The summed E-state index contributed by atoms with van der Waals surface area (Å²) in [7, 11) is 0. The van der Waals surface area contributed by atoms with E-state index in [4.69, 9.17) is 4.74 Å². The average molecular weight is 262 g/mol. The van der Waals surface area contributed by atoms with E-state index in [-0.39, 0.29) is 5.82 Å². The molecule has 0 aliphatic carbocycles. The molecule has 2 heterocycles. The van der Waals surface area contributed by atoms with Crippen molar-refractivity contribution < 1.29 is 9.13 Å². The number of rotatable bonds is 3. The van der Waals surface area contributed by atoms with Gasteiger partial charge in [-0.3, -0.25) is 4.40 Å². The van der Waals surface area contributed by atoms with Gasteiger partial charge in [-0.1, -0.05) is 0 Å². The molecule has 3 aromatic rings. The van der Waals surface area contributed by atoms with Crippen molar-refractivity contribution in [2.75, 3.05) is 0 Å². The molecule has 3 nitrogen and oxygen atoms in total. The van der Waals surface area contributed by atoms with Gasteiger partial charge in [0.1, 0.15) is 18.2 Å². The lowest BCUT2D eigenvalue weighted by atomic mass is 10.2. The van der Waals surface area contributed by atoms with Crippen molar-refractivity contribution in [3.8, 4) is 5.75 Å². The third-order valence-corrected chi connectivity index (χ3v) is 3.43. The van der Waals surface area contributed by atoms with E-state index in [0.717, 1.165) is 16.2 Å². The van der Waals surface area contributed by atoms with Gasteiger partial charge in [-0.05, 0) is 30.7 Å². The number of hydrogen-bond donors (Lipinski definition) is 0. The van der Waals surface area contributed by atoms with Crippen molar-refractivity contribution in [1.82, 2.24) is 9.38 Å². The fourth-order valence-electron chi connectivity index (χ4n) is 1.77. The van der Waals surface area contributed by atoms with E-state index in [9.17, 15) is 4.39 Å². The molecule has 0 amide bonds. The van der Waals surface area contributed by atoms with Crippen LogP contribution in [0.15, 0.2) is 36.0 Å². The molecule has 0 aliphatic rings. The van der Waals surface area contributed by atoms with Crippen LogP contribution in [0.5, 0.6) is 5.75 Å². The second-order valence-electron chi connectivity index (χ2n) is 4.02. The Morgan fingerprint density at radius 3 is 3.11 bits per heavy atom. The molecule has 0 spiro atoms. The van der Waals surface area contributed by atoms with E-state index in [1.54, 1.807) is 17.4 Å². The van der Waals surface area contributed by atoms with Crippen LogP contribution in [0, 0.1) is 12.7 Å². The molecule has 0 atom stereocenters. The van der Waals surface area contributed by atoms with Crippen molar-refractivity contribution >= 4 is 16.3 Å². The zero-order chi connectivity index (χ0) is 12.5. The van der Waals surface area contributed by atoms with Crippen molar-refractivity contribution in [3.63, 3.8) is 0 Å². The zero-order valence-electron chi connectivity index (χ0n) is 9.76. The molecule has 0 aliphatic heterocycles. The van der Waals surface area contributed by atoms with Crippen LogP contribution in [0.3, 0.4) is 0 Å². The quantitative estimate of drug-likeness (QED) is 0.723. The van der Waals surface area contributed by atoms with Gasteiger partial charge in [0, 0.05) is 17.8 Å². The third-order valence-electron chi connectivity index (χ3n) is 2.66. The molecule has 1 aromatic carbocycles. The number of benzene rings is 1. The van der Waals surface area contributed by atoms with Gasteiger partial charge < -0.3 is 4.74 Å². The molecule has 92 valence electrons. The summed E-state index contributed by atoms with van der Waals surface area (Å²) in [6, 6.07) is 4.50. The molecule has 3 rings (SSSR count). The summed E-state index contributed by atoms with van der Waals surface area (Å²) in [5.41, 5.74) is 1.65. The maximum atomic E-state index is 12.9. The topological polar surface area (TPSA) is 26.5 Å². The average Bonchev–Trinajstić information content (AvgIpc) is 2.88. The molecule has 0 saturated heterocycles. The van der Waals surface area contributed by atoms with Gasteiger partial charge in [0.15, 0.2) is 4.96 Å². The van der Waals surface area contributed by atoms with Gasteiger partial charge in [-0.25, -0.2) is 9.37 Å². The smallest absolute Gasteiger partial charge is 0.193 e. The van der Waals surface area contributed by atoms with E-state index < -0.39 is 0 Å². The number of fused-ring (bicyclic) bond motifs is 1. The molecular formula is C13H11FN2OS. The Bertz CT molecular complexity index is 661. The molecule has 5 heteroatoms. The van der Waals surface area contributed by atoms with E-state index in [1.165, 1.54) is 12.1 Å². The molecule has 18 heavy (non-hydrogen) atoms. The molecule has 0 bridgehead atoms. The van der Waals surface area contributed by atoms with Crippen LogP contribution in [-0.2, 0) is 6.61 Å². The second-order valence-corrected chi connectivity index (χ2v) is 4.90. The summed E-state index contributed by atoms with van der Waals surface area (Å²) in [5, 5.41) is 1.98. The maximum Gasteiger partial charge on any atom is 0.193 e. The normalized spacial score (nSPS) is 11.0. The fourth-order valence-corrected chi connectivity index (χ4v) is 2.49. The third kappa shape index (κ3) is 2.09. The van der Waals surface area contributed by atoms with E-state index in [0.29, 0.717) is 12.4 Å². The number of nitrogens with zero attached hydrogens (tertiary/aromatic N) is 2. The van der Waals surface area contributed by atoms with E-state index in [1.807, 2.05) is 29.1 Å². The monoisotopic (exact) mass is 262 g/mol. The number of aryl methyl sites for hydroxylation is 1. The molecule has 0 unspecified atom stereocenters. The van der Waals surface area contributed by atoms with Crippen molar-refractivity contribution in [2.24, 2.45) is 0 Å². The summed E-state index contributed by atoms with van der Waals surface area (Å²) < 4.78 is 20.5. The minimum Gasteiger partial charge on any atom is -0.487 e. The van der Waals surface area contributed by atoms with Gasteiger partial charge in [0.25, 0.3) is 0 Å². The van der Waals surface area contributed by atoms with Crippen LogP contribution in [0.25, 0.3) is 4.96 Å². The summed E-state index contributed by atoms with van der Waals surface area (Å²) in [4.78, 5) is 5.37. The van der Waals surface area contributed by atoms with Gasteiger partial charge >= 0.3 is 0 Å². The second kappa shape index (κ2) is 4.42. The highest BCUT2D eigenvalue weighted by Crippen LogP contribution is 2.20. The minimum absolute atomic E-state index is 0.248. The summed E-state index contributed by atoms with van der Waals surface area (Å²) >= 11 is 1.58. The van der Waals surface area contributed by atoms with E-state index in [2.05, 4.69) is 4.98 Å². The molecule has 0 N–H and O–H groups in total. The Kier molecular flexibility index (Phi) is 2.76. The summed E-state index contributed by atoms with van der Waals surface area (Å²) in [6.45, 7) is 2.21. The molecule has 2 aromatic heterocycles. The summed E-state index contributed by atoms with van der Waals surface area (Å²) in [6.07, 6.45) is 3.89. The lowest BCUT2D eigenvalue weighted by Crippen LogP contribution is -1.97. The predicted molar refractivity (Wildman–Crippen MR) is 68.5 cm³/mol. The number of thiazole rings is 1. The number of ether oxygens (including phenoxy) is 1. The lowest BCUT2D eigenvalue weighted by Gasteiger charge is -2.07. The van der Waals surface area contributed by atoms with Gasteiger partial charge in [-0.15, -0.1) is 11.3 Å². The van der Waals surface area contributed by atoms with Crippen LogP contribution in [0.4, 0.5) is 4.39 Å². The Labute approximate surface area is 107 Å². The zero-order valence-corrected chi connectivity index (χ0v) is 10.6. The number of halogens is 1. The van der Waals surface area contributed by atoms with Crippen LogP contribution in [0.2, 0.25) is 0 Å². The van der Waals surface area contributed by atoms with Crippen LogP contribution in [-0.4, -0.2) is 9.38 Å². The Hall–Kier alpha value is -1.88. The highest BCUT2D eigenvalue weighted by atomic mass is 32.1. The number of hydrogen-bond acceptors (Lipinski definition) is 3. The van der Waals surface area contributed by atoms with Crippen molar-refractivity contribution in [2.45, 2.75) is 13.5 Å². The van der Waals surface area contributed by atoms with Crippen LogP contribution >= 0.6 is 11.3 Å². The predicted octanol–water partition coefficient (Wildman–Crippen LogP) is 3.42. The first kappa shape index (κ1) is 11.2. The van der Waals surface area contributed by atoms with Crippen molar-refractivity contribution in [3.05, 3.63) is 53.0 Å². The van der Waals surface area contributed by atoms with Gasteiger partial charge in [0.2, 0.25) is 0 Å². The fraction of sp³-hybridized carbons (Fsp3) is 0.154. The molecular weight excluding hydrogens is 251 g/mol. The highest BCUT2D eigenvalue weighted by molar-refractivity contribution is 7.15. The minimum atomic E-state index is -0.248. The van der Waals surface area contributed by atoms with E-state index >= 15 is 0 Å². The highest BCUT2D eigenvalue weighted by Gasteiger charge is 2.05. The first-order chi connectivity index (χ1) is 8.72.